The van der Waals surface area contributed by atoms with Crippen molar-refractivity contribution in [3.63, 3.8) is 0 Å². The summed E-state index contributed by atoms with van der Waals surface area (Å²) in [6.45, 7) is 0. The van der Waals surface area contributed by atoms with Gasteiger partial charge in [-0.1, -0.05) is 164 Å². The summed E-state index contributed by atoms with van der Waals surface area (Å²) >= 11 is 0. The molecule has 0 aliphatic heterocycles. The van der Waals surface area contributed by atoms with Gasteiger partial charge in [-0.25, -0.2) is 0 Å². The van der Waals surface area contributed by atoms with Crippen LogP contribution < -0.4 is 9.80 Å². The SMILES string of the molecule is c1ccc(N(c2ccccc2)c2ccc3c(c2)-c2ccccc2C32c3ccccc3-c3c(N(c4ccccc4)c4ccc5c6ccccc6n(-c6ccccc6)c5c4)cccc32)cc1. The molecule has 0 bridgehead atoms. The Hall–Kier alpha value is -8.40. The van der Waals surface area contributed by atoms with E-state index >= 15 is 0 Å². The molecule has 300 valence electrons. The van der Waals surface area contributed by atoms with Crippen LogP contribution in [0.2, 0.25) is 0 Å². The summed E-state index contributed by atoms with van der Waals surface area (Å²) in [5, 5.41) is 2.48. The maximum atomic E-state index is 2.48. The highest BCUT2D eigenvalue weighted by Gasteiger charge is 2.52. The molecule has 1 spiro atoms. The molecule has 1 atom stereocenters. The quantitative estimate of drug-likeness (QED) is 0.159. The van der Waals surface area contributed by atoms with Crippen LogP contribution in [0.1, 0.15) is 22.3 Å². The monoisotopic (exact) mass is 815 g/mol. The first-order valence-electron chi connectivity index (χ1n) is 22.1. The van der Waals surface area contributed by atoms with Gasteiger partial charge in [0.1, 0.15) is 0 Å². The summed E-state index contributed by atoms with van der Waals surface area (Å²) in [4.78, 5) is 4.85. The fourth-order valence-electron chi connectivity index (χ4n) is 11.0. The van der Waals surface area contributed by atoms with Crippen molar-refractivity contribution >= 4 is 55.9 Å². The van der Waals surface area contributed by atoms with Crippen LogP contribution in [0.25, 0.3) is 49.7 Å². The fourth-order valence-corrected chi connectivity index (χ4v) is 11.0. The van der Waals surface area contributed by atoms with E-state index in [2.05, 4.69) is 263 Å². The highest BCUT2D eigenvalue weighted by molar-refractivity contribution is 6.11. The molecule has 0 N–H and O–H groups in total. The fraction of sp³-hybridized carbons (Fsp3) is 0.0164. The summed E-state index contributed by atoms with van der Waals surface area (Å²) in [6, 6.07) is 91.2. The van der Waals surface area contributed by atoms with Gasteiger partial charge in [0.2, 0.25) is 0 Å². The molecule has 11 aromatic rings. The van der Waals surface area contributed by atoms with E-state index in [-0.39, 0.29) is 0 Å². The molecule has 1 aromatic heterocycles. The van der Waals surface area contributed by atoms with Gasteiger partial charge in [-0.15, -0.1) is 0 Å². The normalized spacial score (nSPS) is 14.3. The Morgan fingerprint density at radius 2 is 0.797 bits per heavy atom. The minimum atomic E-state index is -0.525. The first kappa shape index (κ1) is 36.3. The number of rotatable bonds is 7. The zero-order valence-electron chi connectivity index (χ0n) is 35.0. The molecule has 0 amide bonds. The number of nitrogens with zero attached hydrogens (tertiary/aromatic N) is 3. The Morgan fingerprint density at radius 1 is 0.297 bits per heavy atom. The van der Waals surface area contributed by atoms with Gasteiger partial charge in [-0.3, -0.25) is 0 Å². The highest BCUT2D eigenvalue weighted by atomic mass is 15.2. The van der Waals surface area contributed by atoms with E-state index in [0.717, 1.165) is 39.8 Å². The summed E-state index contributed by atoms with van der Waals surface area (Å²) in [5.41, 5.74) is 20.0. The minimum absolute atomic E-state index is 0.525. The third-order valence-corrected chi connectivity index (χ3v) is 13.5. The maximum Gasteiger partial charge on any atom is 0.0726 e. The van der Waals surface area contributed by atoms with E-state index in [1.165, 1.54) is 66.3 Å². The van der Waals surface area contributed by atoms with Crippen LogP contribution in [0.3, 0.4) is 0 Å². The lowest BCUT2D eigenvalue weighted by molar-refractivity contribution is 0.793. The lowest BCUT2D eigenvalue weighted by atomic mass is 9.70. The zero-order valence-corrected chi connectivity index (χ0v) is 35.0. The Kier molecular flexibility index (Phi) is 8.13. The molecule has 13 rings (SSSR count). The van der Waals surface area contributed by atoms with Gasteiger partial charge in [0.25, 0.3) is 0 Å². The molecular formula is C61H41N3. The Morgan fingerprint density at radius 3 is 1.50 bits per heavy atom. The van der Waals surface area contributed by atoms with Gasteiger partial charge in [0.15, 0.2) is 0 Å². The van der Waals surface area contributed by atoms with Crippen LogP contribution in [0.5, 0.6) is 0 Å². The lowest BCUT2D eigenvalue weighted by Gasteiger charge is -2.32. The van der Waals surface area contributed by atoms with Crippen molar-refractivity contribution in [3.05, 3.63) is 271 Å². The zero-order chi connectivity index (χ0) is 42.2. The van der Waals surface area contributed by atoms with E-state index in [9.17, 15) is 0 Å². The predicted molar refractivity (Wildman–Crippen MR) is 266 cm³/mol. The average Bonchev–Trinajstić information content (AvgIpc) is 3.97. The molecule has 10 aromatic carbocycles. The number of para-hydroxylation sites is 5. The van der Waals surface area contributed by atoms with Gasteiger partial charge in [-0.2, -0.15) is 0 Å². The van der Waals surface area contributed by atoms with Gasteiger partial charge in [-0.05, 0) is 124 Å². The molecule has 3 heteroatoms. The number of benzene rings is 10. The third kappa shape index (κ3) is 5.22. The van der Waals surface area contributed by atoms with E-state index in [1.54, 1.807) is 0 Å². The van der Waals surface area contributed by atoms with E-state index < -0.39 is 5.41 Å². The molecule has 2 aliphatic carbocycles. The maximum absolute atomic E-state index is 2.48. The number of fused-ring (bicyclic) bond motifs is 13. The molecule has 0 saturated carbocycles. The molecule has 2 aliphatic rings. The lowest BCUT2D eigenvalue weighted by Crippen LogP contribution is -2.26. The van der Waals surface area contributed by atoms with Crippen LogP contribution in [-0.2, 0) is 5.41 Å². The number of hydrogen-bond donors (Lipinski definition) is 0. The third-order valence-electron chi connectivity index (χ3n) is 13.5. The molecule has 0 saturated heterocycles. The molecule has 0 fully saturated rings. The number of aromatic nitrogens is 1. The standard InChI is InChI=1S/C61H41N3/c1-5-20-42(21-6-1)62(43-22-7-2-8-23-43)46-37-39-55-52(40-46)48-28-13-16-31-53(48)61(55)54-32-17-14-30-51(54)60-56(61)33-19-35-58(60)63(44-24-9-3-10-25-44)47-36-38-50-49-29-15-18-34-57(49)64(59(50)41-47)45-26-11-4-12-27-45/h1-41H. The first-order chi connectivity index (χ1) is 31.8. The van der Waals surface area contributed by atoms with Crippen molar-refractivity contribution in [1.82, 2.24) is 4.57 Å². The van der Waals surface area contributed by atoms with Crippen molar-refractivity contribution in [1.29, 1.82) is 0 Å². The smallest absolute Gasteiger partial charge is 0.0726 e. The predicted octanol–water partition coefficient (Wildman–Crippen LogP) is 16.1. The van der Waals surface area contributed by atoms with E-state index in [4.69, 9.17) is 0 Å². The van der Waals surface area contributed by atoms with Crippen molar-refractivity contribution in [2.75, 3.05) is 9.80 Å². The topological polar surface area (TPSA) is 11.4 Å². The van der Waals surface area contributed by atoms with Gasteiger partial charge in [0, 0.05) is 50.5 Å². The Labute approximate surface area is 373 Å². The van der Waals surface area contributed by atoms with Crippen LogP contribution in [0.4, 0.5) is 34.1 Å². The van der Waals surface area contributed by atoms with Crippen molar-refractivity contribution in [3.8, 4) is 27.9 Å². The molecule has 1 heterocycles. The summed E-state index contributed by atoms with van der Waals surface area (Å²) in [5.74, 6) is 0. The van der Waals surface area contributed by atoms with Crippen molar-refractivity contribution < 1.29 is 0 Å². The Bertz CT molecular complexity index is 3520. The average molecular weight is 816 g/mol. The van der Waals surface area contributed by atoms with Crippen molar-refractivity contribution in [2.45, 2.75) is 5.41 Å². The second kappa shape index (κ2) is 14.3. The summed E-state index contributed by atoms with van der Waals surface area (Å²) in [6.07, 6.45) is 0. The molecule has 3 nitrogen and oxygen atoms in total. The summed E-state index contributed by atoms with van der Waals surface area (Å²) < 4.78 is 2.41. The summed E-state index contributed by atoms with van der Waals surface area (Å²) in [7, 11) is 0. The highest BCUT2D eigenvalue weighted by Crippen LogP contribution is 2.65. The van der Waals surface area contributed by atoms with E-state index in [1.807, 2.05) is 0 Å². The van der Waals surface area contributed by atoms with Crippen LogP contribution in [-0.4, -0.2) is 4.57 Å². The second-order valence-corrected chi connectivity index (χ2v) is 16.8. The van der Waals surface area contributed by atoms with Gasteiger partial charge < -0.3 is 14.4 Å². The van der Waals surface area contributed by atoms with Crippen molar-refractivity contribution in [2.24, 2.45) is 0 Å². The number of anilines is 6. The van der Waals surface area contributed by atoms with Crippen LogP contribution >= 0.6 is 0 Å². The molecule has 64 heavy (non-hydrogen) atoms. The molecule has 1 unspecified atom stereocenters. The van der Waals surface area contributed by atoms with Gasteiger partial charge in [0.05, 0.1) is 22.1 Å². The van der Waals surface area contributed by atoms with Crippen LogP contribution in [0, 0.1) is 0 Å². The minimum Gasteiger partial charge on any atom is -0.310 e. The van der Waals surface area contributed by atoms with Crippen LogP contribution in [0.15, 0.2) is 249 Å². The van der Waals surface area contributed by atoms with E-state index in [0.29, 0.717) is 0 Å². The largest absolute Gasteiger partial charge is 0.310 e. The Balaban J connectivity index is 1.06. The number of hydrogen-bond acceptors (Lipinski definition) is 2. The molecular weight excluding hydrogens is 775 g/mol. The van der Waals surface area contributed by atoms with Gasteiger partial charge >= 0.3 is 0 Å². The second-order valence-electron chi connectivity index (χ2n) is 16.8. The first-order valence-corrected chi connectivity index (χ1v) is 22.1. The molecule has 0 radical (unpaired) electrons.